The molecule has 1 aliphatic rings. The summed E-state index contributed by atoms with van der Waals surface area (Å²) in [5.74, 6) is -1.00. The molecule has 5 heteroatoms. The van der Waals surface area contributed by atoms with E-state index in [1.807, 2.05) is 0 Å². The molecule has 0 fully saturated rings. The average molecular weight is 163 g/mol. The second-order valence-electron chi connectivity index (χ2n) is 2.15. The molecule has 0 amide bonds. The quantitative estimate of drug-likeness (QED) is 0.519. The third-order valence-corrected chi connectivity index (χ3v) is 1.28. The van der Waals surface area contributed by atoms with Gasteiger partial charge in [-0.25, -0.2) is 0 Å². The van der Waals surface area contributed by atoms with Gasteiger partial charge in [-0.3, -0.25) is 10.1 Å². The van der Waals surface area contributed by atoms with Crippen LogP contribution >= 0.6 is 0 Å². The highest BCUT2D eigenvalue weighted by Crippen LogP contribution is 2.28. The topological polar surface area (TPSA) is 31.2 Å². The van der Waals surface area contributed by atoms with Crippen molar-refractivity contribution in [1.29, 1.82) is 0 Å². The van der Waals surface area contributed by atoms with Crippen molar-refractivity contribution in [1.82, 2.24) is 5.32 Å². The van der Waals surface area contributed by atoms with Crippen LogP contribution in [0, 0.1) is 6.20 Å². The van der Waals surface area contributed by atoms with E-state index >= 15 is 0 Å². The summed E-state index contributed by atoms with van der Waals surface area (Å²) in [6.07, 6.45) is -2.94. The Morgan fingerprint density at radius 2 is 2.09 bits per heavy atom. The fourth-order valence-electron chi connectivity index (χ4n) is 0.687. The number of alkyl halides is 3. The Morgan fingerprint density at radius 3 is 2.27 bits per heavy atom. The van der Waals surface area contributed by atoms with Crippen LogP contribution in [0.5, 0.6) is 0 Å². The Bertz CT molecular complexity index is 218. The first-order chi connectivity index (χ1) is 4.93. The number of Topliss-reactive ketones (excluding diaryl/α,β-unsaturated/α-hetero) is 1. The van der Waals surface area contributed by atoms with E-state index in [1.165, 1.54) is 6.92 Å². The van der Waals surface area contributed by atoms with Crippen molar-refractivity contribution < 1.29 is 18.0 Å². The molecule has 0 N–H and O–H groups in total. The molecule has 60 valence electrons. The van der Waals surface area contributed by atoms with Gasteiger partial charge in [0.1, 0.15) is 17.8 Å². The number of carbonyl (C=O) groups is 1. The van der Waals surface area contributed by atoms with E-state index < -0.39 is 23.6 Å². The minimum Gasteiger partial charge on any atom is -0.292 e. The van der Waals surface area contributed by atoms with Gasteiger partial charge in [-0.15, -0.1) is 0 Å². The Hall–Kier alpha value is -1.00. The van der Waals surface area contributed by atoms with Crippen LogP contribution in [-0.4, -0.2) is 18.0 Å². The zero-order chi connectivity index (χ0) is 8.65. The van der Waals surface area contributed by atoms with E-state index in [0.717, 1.165) is 0 Å². The largest absolute Gasteiger partial charge is 0.422 e. The molecule has 0 saturated heterocycles. The molecule has 2 radical (unpaired) electrons. The molecule has 0 spiro atoms. The van der Waals surface area contributed by atoms with Gasteiger partial charge in [-0.2, -0.15) is 13.2 Å². The molecule has 0 saturated carbocycles. The van der Waals surface area contributed by atoms with Crippen molar-refractivity contribution >= 4 is 5.78 Å². The summed E-state index contributed by atoms with van der Waals surface area (Å²) in [7, 11) is 0. The predicted octanol–water partition coefficient (Wildman–Crippen LogP) is 0.811. The highest BCUT2D eigenvalue weighted by atomic mass is 19.4. The molecule has 1 aliphatic heterocycles. The molecule has 0 bridgehead atoms. The van der Waals surface area contributed by atoms with Crippen LogP contribution in [0.1, 0.15) is 6.92 Å². The summed E-state index contributed by atoms with van der Waals surface area (Å²) in [5.41, 5.74) is -1.27. The molecular formula is C6H4F3NO. The van der Waals surface area contributed by atoms with Crippen molar-refractivity contribution in [2.24, 2.45) is 0 Å². The molecular weight excluding hydrogens is 159 g/mol. The van der Waals surface area contributed by atoms with Gasteiger partial charge in [0.05, 0.1) is 0 Å². The van der Waals surface area contributed by atoms with E-state index in [2.05, 4.69) is 5.32 Å². The van der Waals surface area contributed by atoms with E-state index in [0.29, 0.717) is 0 Å². The molecule has 1 atom stereocenters. The maximum Gasteiger partial charge on any atom is 0.422 e. The van der Waals surface area contributed by atoms with Gasteiger partial charge in [0.15, 0.2) is 5.78 Å². The molecule has 2 nitrogen and oxygen atoms in total. The summed E-state index contributed by atoms with van der Waals surface area (Å²) in [5, 5.41) is 3.21. The SMILES string of the molecule is CC1[N][C]=C(C(F)(F)F)C1=O. The van der Waals surface area contributed by atoms with Gasteiger partial charge in [-0.05, 0) is 6.92 Å². The molecule has 1 heterocycles. The Balaban J connectivity index is 2.85. The van der Waals surface area contributed by atoms with Crippen LogP contribution < -0.4 is 5.32 Å². The van der Waals surface area contributed by atoms with Crippen molar-refractivity contribution in [2.75, 3.05) is 0 Å². The Labute approximate surface area is 61.1 Å². The smallest absolute Gasteiger partial charge is 0.292 e. The van der Waals surface area contributed by atoms with Crippen LogP contribution in [-0.2, 0) is 4.79 Å². The second kappa shape index (κ2) is 2.25. The van der Waals surface area contributed by atoms with Gasteiger partial charge < -0.3 is 0 Å². The minimum atomic E-state index is -4.61. The second-order valence-corrected chi connectivity index (χ2v) is 2.15. The monoisotopic (exact) mass is 163 g/mol. The lowest BCUT2D eigenvalue weighted by Crippen LogP contribution is -2.24. The number of nitrogens with zero attached hydrogens (tertiary/aromatic N) is 1. The van der Waals surface area contributed by atoms with Crippen LogP contribution in [0.15, 0.2) is 5.57 Å². The molecule has 0 aromatic carbocycles. The summed E-state index contributed by atoms with van der Waals surface area (Å²) >= 11 is 0. The van der Waals surface area contributed by atoms with Gasteiger partial charge in [0.25, 0.3) is 0 Å². The normalized spacial score (nSPS) is 24.9. The lowest BCUT2D eigenvalue weighted by molar-refractivity contribution is -0.128. The first kappa shape index (κ1) is 8.10. The highest BCUT2D eigenvalue weighted by molar-refractivity contribution is 6.01. The molecule has 1 unspecified atom stereocenters. The van der Waals surface area contributed by atoms with Crippen LogP contribution in [0.25, 0.3) is 0 Å². The average Bonchev–Trinajstić information content (AvgIpc) is 2.11. The number of carbonyl (C=O) groups excluding carboxylic acids is 1. The molecule has 1 rings (SSSR count). The summed E-state index contributed by atoms with van der Waals surface area (Å²) in [6, 6.07) is -0.924. The standard InChI is InChI=1S/C6H4F3NO/c1-3-5(11)4(2-10-3)6(7,8)9/h3H,1H3. The minimum absolute atomic E-state index is 0.924. The summed E-state index contributed by atoms with van der Waals surface area (Å²) < 4.78 is 35.4. The molecule has 0 aliphatic carbocycles. The zero-order valence-corrected chi connectivity index (χ0v) is 5.57. The number of hydrogen-bond donors (Lipinski definition) is 0. The fourth-order valence-corrected chi connectivity index (χ4v) is 0.687. The van der Waals surface area contributed by atoms with Gasteiger partial charge >= 0.3 is 6.18 Å². The Morgan fingerprint density at radius 1 is 1.55 bits per heavy atom. The lowest BCUT2D eigenvalue weighted by atomic mass is 10.1. The van der Waals surface area contributed by atoms with Crippen molar-refractivity contribution in [3.8, 4) is 0 Å². The Kier molecular flexibility index (Phi) is 1.66. The van der Waals surface area contributed by atoms with Crippen LogP contribution in [0.2, 0.25) is 0 Å². The van der Waals surface area contributed by atoms with E-state index in [1.54, 1.807) is 6.20 Å². The first-order valence-corrected chi connectivity index (χ1v) is 2.87. The van der Waals surface area contributed by atoms with Gasteiger partial charge in [0.2, 0.25) is 0 Å². The van der Waals surface area contributed by atoms with E-state index in [4.69, 9.17) is 0 Å². The van der Waals surface area contributed by atoms with Crippen LogP contribution in [0.4, 0.5) is 13.2 Å². The summed E-state index contributed by atoms with van der Waals surface area (Å²) in [6.45, 7) is 1.30. The zero-order valence-electron chi connectivity index (χ0n) is 5.57. The highest BCUT2D eigenvalue weighted by Gasteiger charge is 2.44. The molecule has 0 aromatic heterocycles. The van der Waals surface area contributed by atoms with Gasteiger partial charge in [0, 0.05) is 0 Å². The number of hydrogen-bond acceptors (Lipinski definition) is 1. The maximum atomic E-state index is 11.8. The van der Waals surface area contributed by atoms with Crippen molar-refractivity contribution in [3.05, 3.63) is 11.8 Å². The molecule has 11 heavy (non-hydrogen) atoms. The fraction of sp³-hybridized carbons (Fsp3) is 0.500. The molecule has 0 aromatic rings. The van der Waals surface area contributed by atoms with Crippen LogP contribution in [0.3, 0.4) is 0 Å². The predicted molar refractivity (Wildman–Crippen MR) is 29.4 cm³/mol. The third-order valence-electron chi connectivity index (χ3n) is 1.28. The maximum absolute atomic E-state index is 11.8. The number of rotatable bonds is 0. The summed E-state index contributed by atoms with van der Waals surface area (Å²) in [4.78, 5) is 10.6. The third kappa shape index (κ3) is 1.36. The number of halogens is 3. The lowest BCUT2D eigenvalue weighted by Gasteiger charge is -2.04. The first-order valence-electron chi connectivity index (χ1n) is 2.87. The van der Waals surface area contributed by atoms with E-state index in [9.17, 15) is 18.0 Å². The van der Waals surface area contributed by atoms with Gasteiger partial charge in [-0.1, -0.05) is 0 Å². The van der Waals surface area contributed by atoms with Crippen molar-refractivity contribution in [2.45, 2.75) is 19.1 Å². The van der Waals surface area contributed by atoms with Crippen molar-refractivity contribution in [3.63, 3.8) is 0 Å². The number of ketones is 1. The van der Waals surface area contributed by atoms with E-state index in [-0.39, 0.29) is 0 Å².